The normalized spacial score (nSPS) is 28.2. The monoisotopic (exact) mass is 747 g/mol. The number of carbonyl (C=O) groups excluding carboxylic acids is 4. The summed E-state index contributed by atoms with van der Waals surface area (Å²) in [6.45, 7) is 2.78. The van der Waals surface area contributed by atoms with Gasteiger partial charge in [-0.1, -0.05) is 71.2 Å². The second-order valence-corrected chi connectivity index (χ2v) is 15.3. The number of imide groups is 2. The van der Waals surface area contributed by atoms with Crippen LogP contribution in [0.3, 0.4) is 0 Å². The molecule has 4 amide bonds. The second kappa shape index (κ2) is 12.9. The Balaban J connectivity index is 1.19. The molecule has 9 rings (SSSR count). The number of anilines is 3. The summed E-state index contributed by atoms with van der Waals surface area (Å²) < 4.78 is 5.49. The number of phenols is 1. The maximum Gasteiger partial charge on any atom is 0.246 e. The van der Waals surface area contributed by atoms with Gasteiger partial charge in [-0.25, -0.2) is 4.90 Å². The highest BCUT2D eigenvalue weighted by molar-refractivity contribution is 6.32. The highest BCUT2D eigenvalue weighted by Gasteiger charge is 2.70. The van der Waals surface area contributed by atoms with Crippen molar-refractivity contribution in [1.82, 2.24) is 0 Å². The molecule has 268 valence electrons. The van der Waals surface area contributed by atoms with Crippen molar-refractivity contribution >= 4 is 63.9 Å². The molecule has 4 fully saturated rings. The van der Waals surface area contributed by atoms with E-state index in [1.165, 1.54) is 15.9 Å². The van der Waals surface area contributed by atoms with E-state index in [4.69, 9.17) is 27.9 Å². The summed E-state index contributed by atoms with van der Waals surface area (Å²) in [6.07, 6.45) is 2.37. The third-order valence-electron chi connectivity index (χ3n) is 12.0. The van der Waals surface area contributed by atoms with Crippen molar-refractivity contribution in [1.29, 1.82) is 0 Å². The minimum Gasteiger partial charge on any atom is -0.508 e. The van der Waals surface area contributed by atoms with Crippen LogP contribution in [0.2, 0.25) is 10.0 Å². The Morgan fingerprint density at radius 2 is 1.42 bits per heavy atom. The Hall–Kier alpha value is -4.96. The third kappa shape index (κ3) is 5.08. The molecule has 0 unspecified atom stereocenters. The number of aromatic hydroxyl groups is 1. The standard InChI is InChI=1S/C42H35Cl2N3O6/c43-25-7-4-8-29(21-25)47-39(50)34-23-32-30(37(33-22-26(44)9-16-35(33)48)42(34,41(47)52)24-5-2-1-3-6-24)14-15-31-36(32)40(51)46(38(31)49)28-12-10-27(11-13-28)45-17-19-53-20-18-45/h1-14,16,21-22,31-32,34,36-37,48H,15,17-20,23H2/t31-,32+,34-,36-,37+,42+/m0/s1. The number of nitrogens with zero attached hydrogens (tertiary/aromatic N) is 3. The van der Waals surface area contributed by atoms with Gasteiger partial charge in [-0.15, -0.1) is 0 Å². The number of hydrogen-bond acceptors (Lipinski definition) is 7. The Morgan fingerprint density at radius 1 is 0.698 bits per heavy atom. The molecule has 3 aliphatic heterocycles. The number of fused-ring (bicyclic) bond motifs is 4. The molecule has 3 saturated heterocycles. The Kier molecular flexibility index (Phi) is 8.22. The number of halogens is 2. The van der Waals surface area contributed by atoms with E-state index < -0.39 is 46.8 Å². The summed E-state index contributed by atoms with van der Waals surface area (Å²) in [5.41, 5.74) is 2.02. The fourth-order valence-corrected chi connectivity index (χ4v) is 10.1. The minimum absolute atomic E-state index is 0.0885. The number of ether oxygens (including phenoxy) is 1. The number of allylic oxidation sites excluding steroid dienone is 2. The van der Waals surface area contributed by atoms with Gasteiger partial charge < -0.3 is 14.7 Å². The van der Waals surface area contributed by atoms with Crippen LogP contribution in [0.25, 0.3) is 0 Å². The van der Waals surface area contributed by atoms with E-state index in [0.717, 1.165) is 24.4 Å². The predicted molar refractivity (Wildman–Crippen MR) is 201 cm³/mol. The predicted octanol–water partition coefficient (Wildman–Crippen LogP) is 6.90. The van der Waals surface area contributed by atoms with Gasteiger partial charge in [0.1, 0.15) is 5.75 Å². The van der Waals surface area contributed by atoms with Crippen LogP contribution in [-0.2, 0) is 29.3 Å². The van der Waals surface area contributed by atoms with Crippen LogP contribution in [0.1, 0.15) is 29.9 Å². The van der Waals surface area contributed by atoms with E-state index in [9.17, 15) is 19.5 Å². The van der Waals surface area contributed by atoms with Gasteiger partial charge in [0.05, 0.1) is 47.8 Å². The first kappa shape index (κ1) is 33.8. The molecule has 53 heavy (non-hydrogen) atoms. The highest BCUT2D eigenvalue weighted by atomic mass is 35.5. The van der Waals surface area contributed by atoms with Crippen molar-refractivity contribution in [2.75, 3.05) is 41.0 Å². The lowest BCUT2D eigenvalue weighted by molar-refractivity contribution is -0.127. The molecule has 9 nitrogen and oxygen atoms in total. The van der Waals surface area contributed by atoms with Crippen LogP contribution in [0.15, 0.2) is 109 Å². The average Bonchev–Trinajstić information content (AvgIpc) is 3.57. The molecule has 4 aromatic rings. The minimum atomic E-state index is -1.52. The number of benzene rings is 4. The van der Waals surface area contributed by atoms with Crippen LogP contribution in [0.4, 0.5) is 17.1 Å². The van der Waals surface area contributed by atoms with Gasteiger partial charge in [-0.2, -0.15) is 0 Å². The molecule has 6 atom stereocenters. The molecule has 0 radical (unpaired) electrons. The lowest BCUT2D eigenvalue weighted by Crippen LogP contribution is -2.53. The second-order valence-electron chi connectivity index (χ2n) is 14.4. The first-order valence-electron chi connectivity index (χ1n) is 17.9. The van der Waals surface area contributed by atoms with Gasteiger partial charge in [-0.05, 0) is 85.0 Å². The van der Waals surface area contributed by atoms with E-state index in [2.05, 4.69) is 4.90 Å². The molecule has 5 aliphatic rings. The first-order chi connectivity index (χ1) is 25.7. The molecule has 2 aliphatic carbocycles. The Labute approximate surface area is 316 Å². The summed E-state index contributed by atoms with van der Waals surface area (Å²) in [4.78, 5) is 63.8. The lowest BCUT2D eigenvalue weighted by atomic mass is 9.49. The summed E-state index contributed by atoms with van der Waals surface area (Å²) in [5.74, 6) is -5.44. The maximum absolute atomic E-state index is 15.3. The number of phenolic OH excluding ortho intramolecular Hbond substituents is 1. The quantitative estimate of drug-likeness (QED) is 0.175. The van der Waals surface area contributed by atoms with Crippen molar-refractivity contribution in [2.24, 2.45) is 23.7 Å². The third-order valence-corrected chi connectivity index (χ3v) is 12.4. The zero-order valence-electron chi connectivity index (χ0n) is 28.5. The molecule has 4 aromatic carbocycles. The van der Waals surface area contributed by atoms with Gasteiger partial charge in [0.15, 0.2) is 0 Å². The molecule has 11 heteroatoms. The topological polar surface area (TPSA) is 107 Å². The summed E-state index contributed by atoms with van der Waals surface area (Å²) in [7, 11) is 0. The Morgan fingerprint density at radius 3 is 2.15 bits per heavy atom. The molecule has 0 spiro atoms. The van der Waals surface area contributed by atoms with Crippen LogP contribution in [0, 0.1) is 23.7 Å². The number of rotatable bonds is 5. The fourth-order valence-electron chi connectivity index (χ4n) is 9.73. The van der Waals surface area contributed by atoms with E-state index >= 15 is 4.79 Å². The van der Waals surface area contributed by atoms with E-state index in [1.54, 1.807) is 36.4 Å². The summed E-state index contributed by atoms with van der Waals surface area (Å²) >= 11 is 13.0. The number of amides is 4. The van der Waals surface area contributed by atoms with Gasteiger partial charge >= 0.3 is 0 Å². The largest absolute Gasteiger partial charge is 0.508 e. The fraction of sp³-hybridized carbons (Fsp3) is 0.286. The van der Waals surface area contributed by atoms with Crippen molar-refractivity contribution in [3.05, 3.63) is 130 Å². The SMILES string of the molecule is O=C1[C@H]2[C@H](CC=C3[C@H]2C[C@H]2C(=O)N(c4cccc(Cl)c4)C(=O)[C@@]2(c2ccccc2)[C@H]3c2cc(Cl)ccc2O)C(=O)N1c1ccc(N2CCOCC2)cc1. The van der Waals surface area contributed by atoms with E-state index in [-0.39, 0.29) is 30.4 Å². The Bertz CT molecular complexity index is 2200. The molecular formula is C42H35Cl2N3O6. The van der Waals surface area contributed by atoms with Crippen LogP contribution >= 0.6 is 23.2 Å². The lowest BCUT2D eigenvalue weighted by Gasteiger charge is -2.50. The van der Waals surface area contributed by atoms with Gasteiger partial charge in [0, 0.05) is 40.3 Å². The first-order valence-corrected chi connectivity index (χ1v) is 18.6. The number of carbonyl (C=O) groups is 4. The van der Waals surface area contributed by atoms with Crippen molar-refractivity contribution in [3.8, 4) is 5.75 Å². The average molecular weight is 749 g/mol. The van der Waals surface area contributed by atoms with E-state index in [0.29, 0.717) is 45.8 Å². The molecule has 1 saturated carbocycles. The van der Waals surface area contributed by atoms with Crippen molar-refractivity contribution in [3.63, 3.8) is 0 Å². The van der Waals surface area contributed by atoms with Crippen LogP contribution in [-0.4, -0.2) is 55.0 Å². The summed E-state index contributed by atoms with van der Waals surface area (Å²) in [5, 5.41) is 12.3. The van der Waals surface area contributed by atoms with Crippen LogP contribution in [0.5, 0.6) is 5.75 Å². The van der Waals surface area contributed by atoms with Crippen molar-refractivity contribution in [2.45, 2.75) is 24.2 Å². The van der Waals surface area contributed by atoms with Gasteiger partial charge in [-0.3, -0.25) is 24.1 Å². The number of hydrogen-bond donors (Lipinski definition) is 1. The van der Waals surface area contributed by atoms with Crippen LogP contribution < -0.4 is 14.7 Å². The molecule has 3 heterocycles. The maximum atomic E-state index is 15.3. The highest BCUT2D eigenvalue weighted by Crippen LogP contribution is 2.65. The van der Waals surface area contributed by atoms with Gasteiger partial charge in [0.2, 0.25) is 23.6 Å². The molecule has 0 bridgehead atoms. The summed E-state index contributed by atoms with van der Waals surface area (Å²) in [6, 6.07) is 28.0. The smallest absolute Gasteiger partial charge is 0.246 e. The van der Waals surface area contributed by atoms with Gasteiger partial charge in [0.25, 0.3) is 0 Å². The zero-order chi connectivity index (χ0) is 36.6. The molecule has 0 aromatic heterocycles. The van der Waals surface area contributed by atoms with Crippen molar-refractivity contribution < 1.29 is 29.0 Å². The van der Waals surface area contributed by atoms with E-state index in [1.807, 2.05) is 60.7 Å². The molecular weight excluding hydrogens is 713 g/mol. The zero-order valence-corrected chi connectivity index (χ0v) is 30.0. The number of morpholine rings is 1. The molecule has 1 N–H and O–H groups in total.